The number of ether oxygens (including phenoxy) is 1. The second kappa shape index (κ2) is 9.06. The van der Waals surface area contributed by atoms with E-state index in [2.05, 4.69) is 29.2 Å². The fourth-order valence-electron chi connectivity index (χ4n) is 5.61. The average Bonchev–Trinajstić information content (AvgIpc) is 3.63. The maximum absolute atomic E-state index is 12.1. The molecular weight excluding hydrogens is 382 g/mol. The molecule has 2 aromatic rings. The monoisotopic (exact) mass is 417 g/mol. The van der Waals surface area contributed by atoms with Crippen molar-refractivity contribution in [1.82, 2.24) is 0 Å². The molecule has 0 N–H and O–H groups in total. The highest BCUT2D eigenvalue weighted by atomic mass is 16.5. The lowest BCUT2D eigenvalue weighted by Crippen LogP contribution is -2.21. The summed E-state index contributed by atoms with van der Waals surface area (Å²) in [7, 11) is 0. The molecule has 1 fully saturated rings. The second-order valence-corrected chi connectivity index (χ2v) is 9.69. The van der Waals surface area contributed by atoms with Gasteiger partial charge in [-0.25, -0.2) is 4.79 Å². The number of rotatable bonds is 6. The summed E-state index contributed by atoms with van der Waals surface area (Å²) in [5.74, 6) is 1.33. The van der Waals surface area contributed by atoms with Crippen LogP contribution in [-0.2, 0) is 17.6 Å². The van der Waals surface area contributed by atoms with Gasteiger partial charge >= 0.3 is 5.97 Å². The molecule has 5 rings (SSSR count). The molecule has 0 bridgehead atoms. The number of carbonyl (C=O) groups is 1. The summed E-state index contributed by atoms with van der Waals surface area (Å²) in [5.41, 5.74) is 8.11. The van der Waals surface area contributed by atoms with E-state index in [1.54, 1.807) is 16.7 Å². The molecule has 1 saturated carbocycles. The predicted molar refractivity (Wildman–Crippen MR) is 126 cm³/mol. The summed E-state index contributed by atoms with van der Waals surface area (Å²) in [6.45, 7) is 3.33. The van der Waals surface area contributed by atoms with Crippen LogP contribution in [0.2, 0.25) is 0 Å². The Balaban J connectivity index is 1.51. The van der Waals surface area contributed by atoms with Crippen LogP contribution in [0, 0.1) is 5.92 Å². The molecule has 0 radical (unpaired) electrons. The Hall–Kier alpha value is -2.29. The van der Waals surface area contributed by atoms with E-state index in [-0.39, 0.29) is 5.97 Å². The van der Waals surface area contributed by atoms with Crippen LogP contribution in [0.5, 0.6) is 0 Å². The number of esters is 1. The van der Waals surface area contributed by atoms with E-state index in [1.807, 2.05) is 19.1 Å². The highest BCUT2D eigenvalue weighted by Crippen LogP contribution is 2.43. The van der Waals surface area contributed by atoms with Crippen LogP contribution in [0.15, 0.2) is 36.4 Å². The number of aryl methyl sites for hydroxylation is 2. The largest absolute Gasteiger partial charge is 0.462 e. The van der Waals surface area contributed by atoms with Crippen LogP contribution in [0.25, 0.3) is 0 Å². The summed E-state index contributed by atoms with van der Waals surface area (Å²) < 4.78 is 5.17. The lowest BCUT2D eigenvalue weighted by Gasteiger charge is -2.28. The molecule has 0 unspecified atom stereocenters. The highest BCUT2D eigenvalue weighted by molar-refractivity contribution is 5.90. The molecule has 0 amide bonds. The molecule has 0 atom stereocenters. The number of carbonyl (C=O) groups excluding carboxylic acids is 1. The number of nitrogens with zero attached hydrogens (tertiary/aromatic N) is 1. The predicted octanol–water partition coefficient (Wildman–Crippen LogP) is 6.95. The van der Waals surface area contributed by atoms with E-state index in [9.17, 15) is 4.79 Å². The van der Waals surface area contributed by atoms with Crippen molar-refractivity contribution in [1.29, 1.82) is 0 Å². The van der Waals surface area contributed by atoms with Gasteiger partial charge in [0.15, 0.2) is 0 Å². The fraction of sp³-hybridized carbons (Fsp3) is 0.536. The molecular formula is C28H35NO2. The number of anilines is 2. The highest BCUT2D eigenvalue weighted by Gasteiger charge is 2.28. The molecule has 3 nitrogen and oxygen atoms in total. The molecule has 31 heavy (non-hydrogen) atoms. The van der Waals surface area contributed by atoms with Crippen LogP contribution in [0.4, 0.5) is 11.4 Å². The van der Waals surface area contributed by atoms with E-state index < -0.39 is 0 Å². The number of benzene rings is 2. The first-order valence-electron chi connectivity index (χ1n) is 12.4. The van der Waals surface area contributed by atoms with Gasteiger partial charge in [0.2, 0.25) is 0 Å². The SMILES string of the molecule is CCOC(=O)c1ccc(N(CC2CC2)c2cc3c4c(c2)CCCCC4CCCC3)cc1. The summed E-state index contributed by atoms with van der Waals surface area (Å²) in [4.78, 5) is 14.6. The Bertz CT molecular complexity index is 896. The molecule has 3 heteroatoms. The molecule has 3 aliphatic carbocycles. The Morgan fingerprint density at radius 1 is 0.903 bits per heavy atom. The fourth-order valence-corrected chi connectivity index (χ4v) is 5.61. The third kappa shape index (κ3) is 4.51. The van der Waals surface area contributed by atoms with Crippen LogP contribution in [-0.4, -0.2) is 19.1 Å². The van der Waals surface area contributed by atoms with Crippen molar-refractivity contribution in [3.05, 3.63) is 58.7 Å². The molecule has 0 spiro atoms. The lowest BCUT2D eigenvalue weighted by molar-refractivity contribution is 0.0526. The summed E-state index contributed by atoms with van der Waals surface area (Å²) in [6, 6.07) is 13.0. The zero-order valence-corrected chi connectivity index (χ0v) is 18.9. The van der Waals surface area contributed by atoms with Crippen molar-refractivity contribution in [3.63, 3.8) is 0 Å². The van der Waals surface area contributed by atoms with Gasteiger partial charge in [0.25, 0.3) is 0 Å². The minimum Gasteiger partial charge on any atom is -0.462 e. The topological polar surface area (TPSA) is 29.5 Å². The van der Waals surface area contributed by atoms with Crippen molar-refractivity contribution in [2.45, 2.75) is 77.0 Å². The average molecular weight is 418 g/mol. The number of hydrogen-bond donors (Lipinski definition) is 0. The van der Waals surface area contributed by atoms with Crippen LogP contribution < -0.4 is 4.90 Å². The van der Waals surface area contributed by atoms with Crippen LogP contribution in [0.1, 0.15) is 91.3 Å². The van der Waals surface area contributed by atoms with Crippen molar-refractivity contribution in [2.75, 3.05) is 18.1 Å². The van der Waals surface area contributed by atoms with Crippen molar-refractivity contribution < 1.29 is 9.53 Å². The van der Waals surface area contributed by atoms with Gasteiger partial charge in [0.05, 0.1) is 12.2 Å². The Kier molecular flexibility index (Phi) is 6.02. The van der Waals surface area contributed by atoms with E-state index in [0.29, 0.717) is 12.2 Å². The van der Waals surface area contributed by atoms with Gasteiger partial charge in [-0.05, 0) is 123 Å². The van der Waals surface area contributed by atoms with Gasteiger partial charge in [0, 0.05) is 17.9 Å². The Labute approximate surface area is 186 Å². The maximum atomic E-state index is 12.1. The van der Waals surface area contributed by atoms with Crippen molar-refractivity contribution in [3.8, 4) is 0 Å². The second-order valence-electron chi connectivity index (χ2n) is 9.69. The van der Waals surface area contributed by atoms with Crippen molar-refractivity contribution in [2.24, 2.45) is 5.92 Å². The molecule has 0 heterocycles. The standard InChI is InChI=1S/C28H35NO2/c1-2-31-28(30)22-13-15-25(16-14-22)29(19-20-11-12-20)26-17-23-9-5-3-7-21-8-4-6-10-24(18-26)27(21)23/h13-18,20-21H,2-12,19H2,1H3. The zero-order valence-electron chi connectivity index (χ0n) is 18.9. The van der Waals surface area contributed by atoms with E-state index in [1.165, 1.54) is 75.6 Å². The van der Waals surface area contributed by atoms with Crippen LogP contribution >= 0.6 is 0 Å². The third-order valence-corrected chi connectivity index (χ3v) is 7.38. The van der Waals surface area contributed by atoms with Gasteiger partial charge in [-0.3, -0.25) is 0 Å². The molecule has 0 saturated heterocycles. The molecule has 2 aromatic carbocycles. The lowest BCUT2D eigenvalue weighted by atomic mass is 9.86. The van der Waals surface area contributed by atoms with E-state index in [4.69, 9.17) is 4.74 Å². The first kappa shape index (κ1) is 20.6. The van der Waals surface area contributed by atoms with E-state index >= 15 is 0 Å². The summed E-state index contributed by atoms with van der Waals surface area (Å²) in [6.07, 6.45) is 13.3. The van der Waals surface area contributed by atoms with Gasteiger partial charge in [-0.2, -0.15) is 0 Å². The molecule has 3 aliphatic rings. The number of hydrogen-bond acceptors (Lipinski definition) is 3. The van der Waals surface area contributed by atoms with Gasteiger partial charge < -0.3 is 9.64 Å². The molecule has 0 aromatic heterocycles. The van der Waals surface area contributed by atoms with E-state index in [0.717, 1.165) is 18.4 Å². The van der Waals surface area contributed by atoms with Gasteiger partial charge in [-0.1, -0.05) is 12.8 Å². The zero-order chi connectivity index (χ0) is 21.2. The molecule has 164 valence electrons. The minimum absolute atomic E-state index is 0.237. The third-order valence-electron chi connectivity index (χ3n) is 7.38. The Morgan fingerprint density at radius 2 is 1.55 bits per heavy atom. The molecule has 0 aliphatic heterocycles. The van der Waals surface area contributed by atoms with Crippen LogP contribution in [0.3, 0.4) is 0 Å². The first-order valence-corrected chi connectivity index (χ1v) is 12.4. The van der Waals surface area contributed by atoms with Gasteiger partial charge in [0.1, 0.15) is 0 Å². The first-order chi connectivity index (χ1) is 15.2. The smallest absolute Gasteiger partial charge is 0.338 e. The summed E-state index contributed by atoms with van der Waals surface area (Å²) >= 11 is 0. The normalized spacial score (nSPS) is 18.6. The maximum Gasteiger partial charge on any atom is 0.338 e. The quantitative estimate of drug-likeness (QED) is 0.476. The van der Waals surface area contributed by atoms with Gasteiger partial charge in [-0.15, -0.1) is 0 Å². The summed E-state index contributed by atoms with van der Waals surface area (Å²) in [5, 5.41) is 0. The minimum atomic E-state index is -0.237. The Morgan fingerprint density at radius 3 is 2.13 bits per heavy atom. The van der Waals surface area contributed by atoms with Crippen molar-refractivity contribution >= 4 is 17.3 Å².